The van der Waals surface area contributed by atoms with Gasteiger partial charge in [0.25, 0.3) is 0 Å². The molecule has 0 atom stereocenters. The highest BCUT2D eigenvalue weighted by Crippen LogP contribution is 2.18. The molecule has 6 nitrogen and oxygen atoms in total. The van der Waals surface area contributed by atoms with E-state index in [2.05, 4.69) is 11.6 Å². The molecule has 0 aliphatic carbocycles. The van der Waals surface area contributed by atoms with Crippen LogP contribution < -0.4 is 4.90 Å². The summed E-state index contributed by atoms with van der Waals surface area (Å²) < 4.78 is 10.1. The lowest BCUT2D eigenvalue weighted by Crippen LogP contribution is -2.11. The van der Waals surface area contributed by atoms with Crippen molar-refractivity contribution in [2.75, 3.05) is 32.2 Å². The van der Waals surface area contributed by atoms with E-state index in [0.717, 1.165) is 16.9 Å². The van der Waals surface area contributed by atoms with E-state index in [4.69, 9.17) is 9.47 Å². The number of esters is 2. The Labute approximate surface area is 171 Å². The van der Waals surface area contributed by atoms with E-state index < -0.39 is 11.9 Å². The average Bonchev–Trinajstić information content (AvgIpc) is 2.72. The van der Waals surface area contributed by atoms with E-state index in [1.54, 1.807) is 25.3 Å². The maximum Gasteiger partial charge on any atom is 0.338 e. The Bertz CT molecular complexity index is 869. The number of hydrogen-bond acceptors (Lipinski definition) is 6. The molecule has 0 saturated heterocycles. The van der Waals surface area contributed by atoms with E-state index >= 15 is 0 Å². The van der Waals surface area contributed by atoms with Gasteiger partial charge in [0.15, 0.2) is 0 Å². The molecule has 0 radical (unpaired) electrons. The summed E-state index contributed by atoms with van der Waals surface area (Å²) in [5.74, 6) is -0.860. The van der Waals surface area contributed by atoms with Gasteiger partial charge in [-0.05, 0) is 48.9 Å². The molecule has 0 aliphatic rings. The average molecular weight is 394 g/mol. The maximum absolute atomic E-state index is 12.0. The molecule has 2 aromatic carbocycles. The van der Waals surface area contributed by atoms with E-state index in [9.17, 15) is 9.59 Å². The number of nitrogens with zero attached hydrogens (tertiary/aromatic N) is 2. The minimum atomic E-state index is -0.442. The van der Waals surface area contributed by atoms with E-state index in [1.165, 1.54) is 0 Å². The highest BCUT2D eigenvalue weighted by molar-refractivity contribution is 5.91. The summed E-state index contributed by atoms with van der Waals surface area (Å²) in [6, 6.07) is 14.9. The summed E-state index contributed by atoms with van der Waals surface area (Å²) in [4.78, 5) is 29.8. The first-order valence-corrected chi connectivity index (χ1v) is 9.28. The molecule has 0 fully saturated rings. The van der Waals surface area contributed by atoms with Crippen molar-refractivity contribution in [1.29, 1.82) is 0 Å². The van der Waals surface area contributed by atoms with Gasteiger partial charge in [0, 0.05) is 38.0 Å². The zero-order chi connectivity index (χ0) is 21.2. The minimum absolute atomic E-state index is 0.175. The summed E-state index contributed by atoms with van der Waals surface area (Å²) >= 11 is 0. The number of benzene rings is 2. The second-order valence-corrected chi connectivity index (χ2v) is 6.70. The van der Waals surface area contributed by atoms with Crippen molar-refractivity contribution in [3.63, 3.8) is 0 Å². The van der Waals surface area contributed by atoms with Gasteiger partial charge in [-0.1, -0.05) is 18.7 Å². The molecule has 0 aliphatic heterocycles. The van der Waals surface area contributed by atoms with Gasteiger partial charge in [0.1, 0.15) is 0 Å². The first kappa shape index (κ1) is 21.9. The number of carbonyl (C=O) groups excluding carboxylic acids is 2. The largest absolute Gasteiger partial charge is 0.462 e. The van der Waals surface area contributed by atoms with Gasteiger partial charge in [0.2, 0.25) is 0 Å². The SMILES string of the molecule is C=C(C)C(=O)OCCCOC(=O)c1ccc(C=Nc2ccc(N(C)C)cc2)cc1. The summed E-state index contributed by atoms with van der Waals surface area (Å²) in [5.41, 5.74) is 3.64. The molecular formula is C23H26N2O4. The molecule has 2 rings (SSSR count). The van der Waals surface area contributed by atoms with Gasteiger partial charge < -0.3 is 14.4 Å². The van der Waals surface area contributed by atoms with Crippen molar-refractivity contribution in [1.82, 2.24) is 0 Å². The number of anilines is 1. The third-order valence-corrected chi connectivity index (χ3v) is 3.98. The highest BCUT2D eigenvalue weighted by atomic mass is 16.5. The molecule has 0 spiro atoms. The molecular weight excluding hydrogens is 368 g/mol. The summed E-state index contributed by atoms with van der Waals surface area (Å²) in [6.45, 7) is 5.44. The van der Waals surface area contributed by atoms with E-state index in [1.807, 2.05) is 55.4 Å². The van der Waals surface area contributed by atoms with Crippen LogP contribution >= 0.6 is 0 Å². The monoisotopic (exact) mass is 394 g/mol. The van der Waals surface area contributed by atoms with Gasteiger partial charge in [-0.25, -0.2) is 9.59 Å². The molecule has 0 N–H and O–H groups in total. The molecule has 29 heavy (non-hydrogen) atoms. The van der Waals surface area contributed by atoms with Crippen molar-refractivity contribution >= 4 is 29.5 Å². The Morgan fingerprint density at radius 2 is 1.62 bits per heavy atom. The van der Waals surface area contributed by atoms with Crippen molar-refractivity contribution in [2.24, 2.45) is 4.99 Å². The van der Waals surface area contributed by atoms with Gasteiger partial charge in [-0.15, -0.1) is 0 Å². The second-order valence-electron chi connectivity index (χ2n) is 6.70. The first-order valence-electron chi connectivity index (χ1n) is 9.28. The molecule has 0 aromatic heterocycles. The quantitative estimate of drug-likeness (QED) is 0.276. The molecule has 6 heteroatoms. The van der Waals surface area contributed by atoms with Crippen LogP contribution in [0.4, 0.5) is 11.4 Å². The normalized spacial score (nSPS) is 10.6. The molecule has 0 saturated carbocycles. The van der Waals surface area contributed by atoms with Crippen molar-refractivity contribution in [2.45, 2.75) is 13.3 Å². The lowest BCUT2D eigenvalue weighted by atomic mass is 10.1. The fourth-order valence-corrected chi connectivity index (χ4v) is 2.29. The first-order chi connectivity index (χ1) is 13.9. The molecule has 152 valence electrons. The van der Waals surface area contributed by atoms with Crippen LogP contribution in [-0.2, 0) is 14.3 Å². The van der Waals surface area contributed by atoms with Crippen LogP contribution in [0.25, 0.3) is 0 Å². The van der Waals surface area contributed by atoms with Gasteiger partial charge in [0.05, 0.1) is 24.5 Å². The fourth-order valence-electron chi connectivity index (χ4n) is 2.29. The Balaban J connectivity index is 1.80. The zero-order valence-corrected chi connectivity index (χ0v) is 17.1. The van der Waals surface area contributed by atoms with E-state index in [0.29, 0.717) is 17.6 Å². The number of carbonyl (C=O) groups is 2. The predicted molar refractivity (Wildman–Crippen MR) is 115 cm³/mol. The lowest BCUT2D eigenvalue weighted by Gasteiger charge is -2.11. The molecule has 0 bridgehead atoms. The summed E-state index contributed by atoms with van der Waals surface area (Å²) in [6.07, 6.45) is 2.18. The van der Waals surface area contributed by atoms with Gasteiger partial charge >= 0.3 is 11.9 Å². The number of aliphatic imine (C=N–C) groups is 1. The van der Waals surface area contributed by atoms with Crippen LogP contribution in [0.1, 0.15) is 29.3 Å². The number of hydrogen-bond donors (Lipinski definition) is 0. The smallest absolute Gasteiger partial charge is 0.338 e. The van der Waals surface area contributed by atoms with Gasteiger partial charge in [-0.2, -0.15) is 0 Å². The third kappa shape index (κ3) is 7.25. The number of rotatable bonds is 9. The van der Waals surface area contributed by atoms with Crippen LogP contribution in [0.5, 0.6) is 0 Å². The van der Waals surface area contributed by atoms with Crippen LogP contribution in [-0.4, -0.2) is 45.5 Å². The summed E-state index contributed by atoms with van der Waals surface area (Å²) in [7, 11) is 3.98. The third-order valence-electron chi connectivity index (χ3n) is 3.98. The lowest BCUT2D eigenvalue weighted by molar-refractivity contribution is -0.139. The fraction of sp³-hybridized carbons (Fsp3) is 0.261. The molecule has 0 amide bonds. The van der Waals surface area contributed by atoms with Gasteiger partial charge in [-0.3, -0.25) is 4.99 Å². The Hall–Kier alpha value is -3.41. The number of ether oxygens (including phenoxy) is 2. The van der Waals surface area contributed by atoms with Crippen molar-refractivity contribution < 1.29 is 19.1 Å². The van der Waals surface area contributed by atoms with Crippen molar-refractivity contribution in [3.05, 3.63) is 71.8 Å². The summed E-state index contributed by atoms with van der Waals surface area (Å²) in [5, 5.41) is 0. The van der Waals surface area contributed by atoms with Crippen LogP contribution in [0.15, 0.2) is 65.7 Å². The highest BCUT2D eigenvalue weighted by Gasteiger charge is 2.07. The minimum Gasteiger partial charge on any atom is -0.462 e. The predicted octanol–water partition coefficient (Wildman–Crippen LogP) is 4.17. The Morgan fingerprint density at radius 1 is 1.00 bits per heavy atom. The maximum atomic E-state index is 12.0. The van der Waals surface area contributed by atoms with Crippen LogP contribution in [0.2, 0.25) is 0 Å². The zero-order valence-electron chi connectivity index (χ0n) is 17.1. The van der Waals surface area contributed by atoms with Crippen LogP contribution in [0, 0.1) is 0 Å². The molecule has 0 unspecified atom stereocenters. The topological polar surface area (TPSA) is 68.2 Å². The Morgan fingerprint density at radius 3 is 2.21 bits per heavy atom. The molecule has 2 aromatic rings. The van der Waals surface area contributed by atoms with Crippen LogP contribution in [0.3, 0.4) is 0 Å². The second kappa shape index (κ2) is 10.8. The van der Waals surface area contributed by atoms with Crippen molar-refractivity contribution in [3.8, 4) is 0 Å². The standard InChI is InChI=1S/C23H26N2O4/c1-17(2)22(26)28-14-5-15-29-23(27)19-8-6-18(7-9-19)16-24-20-10-12-21(13-11-20)25(3)4/h6-13,16H,1,5,14-15H2,2-4H3. The molecule has 0 heterocycles. The Kier molecular flexibility index (Phi) is 8.15. The van der Waals surface area contributed by atoms with E-state index in [-0.39, 0.29) is 13.2 Å².